The summed E-state index contributed by atoms with van der Waals surface area (Å²) in [6, 6.07) is 9.95. The molecule has 1 heterocycles. The number of nitrogens with zero attached hydrogens (tertiary/aromatic N) is 1. The molecule has 0 atom stereocenters. The van der Waals surface area contributed by atoms with Gasteiger partial charge in [0.05, 0.1) is 11.6 Å². The lowest BCUT2D eigenvalue weighted by molar-refractivity contribution is 0.0214. The first kappa shape index (κ1) is 22.0. The fraction of sp³-hybridized carbons (Fsp3) is 0.400. The minimum absolute atomic E-state index is 0.0526. The van der Waals surface area contributed by atoms with Gasteiger partial charge in [0, 0.05) is 20.7 Å². The number of nitriles is 1. The molecule has 150 valence electrons. The van der Waals surface area contributed by atoms with E-state index in [0.717, 1.165) is 11.6 Å². The number of carbonyl (C=O) groups is 1. The topological polar surface area (TPSA) is 80.6 Å². The van der Waals surface area contributed by atoms with Crippen molar-refractivity contribution in [1.82, 2.24) is 5.32 Å². The summed E-state index contributed by atoms with van der Waals surface area (Å²) in [5, 5.41) is 15.2. The van der Waals surface area contributed by atoms with Gasteiger partial charge in [0.1, 0.15) is 24.7 Å². The number of thiophene rings is 1. The van der Waals surface area contributed by atoms with Crippen molar-refractivity contribution >= 4 is 25.3 Å². The number of amides is 1. The molecule has 0 aliphatic rings. The third-order valence-electron chi connectivity index (χ3n) is 3.81. The molecule has 1 aromatic carbocycles. The highest BCUT2D eigenvalue weighted by Crippen LogP contribution is 2.26. The van der Waals surface area contributed by atoms with Gasteiger partial charge < -0.3 is 19.5 Å². The molecule has 0 aliphatic carbocycles. The van der Waals surface area contributed by atoms with E-state index in [1.54, 1.807) is 29.5 Å². The van der Waals surface area contributed by atoms with Gasteiger partial charge in [-0.15, -0.1) is 0 Å². The van der Waals surface area contributed by atoms with Crippen LogP contribution in [-0.4, -0.2) is 33.9 Å². The van der Waals surface area contributed by atoms with E-state index in [9.17, 15) is 4.79 Å². The zero-order chi connectivity index (χ0) is 20.4. The first-order valence-electron chi connectivity index (χ1n) is 9.03. The lowest BCUT2D eigenvalue weighted by atomic mass is 10.1. The Morgan fingerprint density at radius 2 is 2.07 bits per heavy atom. The van der Waals surface area contributed by atoms with Crippen LogP contribution < -0.4 is 14.8 Å². The molecule has 1 aromatic heterocycles. The molecule has 28 heavy (non-hydrogen) atoms. The lowest BCUT2D eigenvalue weighted by Gasteiger charge is -2.16. The number of ether oxygens (including phenoxy) is 3. The average Bonchev–Trinajstić information content (AvgIpc) is 3.17. The number of carbonyl (C=O) groups excluding carboxylic acids is 1. The standard InChI is InChI=1S/C20H26N2O4SSi/c1-28(2,3)11-9-24-15-26-19-12-17(25-13-16-6-10-27-14-16)4-5-18(19)20(23)22-8-7-21/h4-6,10,12,14H,8-9,11,13,15H2,1-3H3,(H,22,23). The van der Waals surface area contributed by atoms with Crippen LogP contribution in [0.3, 0.4) is 0 Å². The summed E-state index contributed by atoms with van der Waals surface area (Å²) < 4.78 is 17.1. The van der Waals surface area contributed by atoms with Crippen molar-refractivity contribution in [3.05, 3.63) is 46.2 Å². The Morgan fingerprint density at radius 1 is 1.25 bits per heavy atom. The summed E-state index contributed by atoms with van der Waals surface area (Å²) in [4.78, 5) is 12.3. The van der Waals surface area contributed by atoms with E-state index in [4.69, 9.17) is 19.5 Å². The SMILES string of the molecule is C[Si](C)(C)CCOCOc1cc(OCc2ccsc2)ccc1C(=O)NCC#N. The predicted octanol–water partition coefficient (Wildman–Crippen LogP) is 4.27. The van der Waals surface area contributed by atoms with Gasteiger partial charge in [0.2, 0.25) is 0 Å². The maximum absolute atomic E-state index is 12.3. The number of hydrogen-bond acceptors (Lipinski definition) is 6. The first-order chi connectivity index (χ1) is 13.4. The van der Waals surface area contributed by atoms with Crippen LogP contribution >= 0.6 is 11.3 Å². The van der Waals surface area contributed by atoms with Crippen LogP contribution in [-0.2, 0) is 11.3 Å². The first-order valence-corrected chi connectivity index (χ1v) is 13.7. The molecule has 0 saturated carbocycles. The smallest absolute Gasteiger partial charge is 0.255 e. The van der Waals surface area contributed by atoms with Gasteiger partial charge in [-0.1, -0.05) is 19.6 Å². The zero-order valence-corrected chi connectivity index (χ0v) is 18.3. The Labute approximate surface area is 171 Å². The second kappa shape index (κ2) is 10.9. The van der Waals surface area contributed by atoms with Crippen LogP contribution in [0.1, 0.15) is 15.9 Å². The Kier molecular flexibility index (Phi) is 8.51. The van der Waals surface area contributed by atoms with Crippen molar-refractivity contribution in [1.29, 1.82) is 5.26 Å². The van der Waals surface area contributed by atoms with E-state index < -0.39 is 8.07 Å². The van der Waals surface area contributed by atoms with Crippen LogP contribution in [0.2, 0.25) is 25.7 Å². The van der Waals surface area contributed by atoms with Gasteiger partial charge in [-0.2, -0.15) is 16.6 Å². The van der Waals surface area contributed by atoms with E-state index in [0.29, 0.717) is 30.3 Å². The molecule has 0 fully saturated rings. The molecule has 1 N–H and O–H groups in total. The summed E-state index contributed by atoms with van der Waals surface area (Å²) in [5.41, 5.74) is 1.42. The molecule has 0 spiro atoms. The van der Waals surface area contributed by atoms with Crippen LogP contribution in [0.5, 0.6) is 11.5 Å². The second-order valence-electron chi connectivity index (χ2n) is 7.40. The lowest BCUT2D eigenvalue weighted by Crippen LogP contribution is -2.24. The summed E-state index contributed by atoms with van der Waals surface area (Å²) in [7, 11) is -1.17. The van der Waals surface area contributed by atoms with E-state index >= 15 is 0 Å². The van der Waals surface area contributed by atoms with Crippen molar-refractivity contribution in [2.24, 2.45) is 0 Å². The minimum Gasteiger partial charge on any atom is -0.489 e. The number of rotatable bonds is 11. The maximum Gasteiger partial charge on any atom is 0.255 e. The Balaban J connectivity index is 2.02. The Morgan fingerprint density at radius 3 is 2.75 bits per heavy atom. The highest BCUT2D eigenvalue weighted by molar-refractivity contribution is 7.07. The van der Waals surface area contributed by atoms with E-state index in [2.05, 4.69) is 25.0 Å². The summed E-state index contributed by atoms with van der Waals surface area (Å²) in [6.07, 6.45) is 0. The van der Waals surface area contributed by atoms with E-state index in [1.807, 2.05) is 22.9 Å². The molecule has 0 bridgehead atoms. The molecular weight excluding hydrogens is 392 g/mol. The van der Waals surface area contributed by atoms with Crippen LogP contribution in [0, 0.1) is 11.3 Å². The van der Waals surface area contributed by atoms with Crippen LogP contribution in [0.25, 0.3) is 0 Å². The minimum atomic E-state index is -1.17. The van der Waals surface area contributed by atoms with Gasteiger partial charge in [-0.3, -0.25) is 4.79 Å². The third kappa shape index (κ3) is 7.72. The molecule has 0 saturated heterocycles. The Hall–Kier alpha value is -2.34. The molecule has 0 radical (unpaired) electrons. The average molecular weight is 419 g/mol. The molecule has 0 unspecified atom stereocenters. The highest BCUT2D eigenvalue weighted by Gasteiger charge is 2.15. The molecular formula is C20H26N2O4SSi. The van der Waals surface area contributed by atoms with E-state index in [-0.39, 0.29) is 19.2 Å². The number of nitrogens with one attached hydrogen (secondary N) is 1. The van der Waals surface area contributed by atoms with Gasteiger partial charge in [0.25, 0.3) is 5.91 Å². The number of benzene rings is 1. The largest absolute Gasteiger partial charge is 0.489 e. The summed E-state index contributed by atoms with van der Waals surface area (Å²) in [5.74, 6) is 0.592. The monoisotopic (exact) mass is 418 g/mol. The van der Waals surface area contributed by atoms with Crippen LogP contribution in [0.15, 0.2) is 35.0 Å². The van der Waals surface area contributed by atoms with Crippen LogP contribution in [0.4, 0.5) is 0 Å². The fourth-order valence-corrected chi connectivity index (χ4v) is 3.61. The van der Waals surface area contributed by atoms with Crippen molar-refractivity contribution in [2.75, 3.05) is 19.9 Å². The zero-order valence-electron chi connectivity index (χ0n) is 16.5. The van der Waals surface area contributed by atoms with Gasteiger partial charge in [0.15, 0.2) is 6.79 Å². The molecule has 6 nitrogen and oxygen atoms in total. The normalized spacial score (nSPS) is 10.9. The van der Waals surface area contributed by atoms with Crippen molar-refractivity contribution < 1.29 is 19.0 Å². The second-order valence-corrected chi connectivity index (χ2v) is 13.8. The fourth-order valence-electron chi connectivity index (χ4n) is 2.20. The summed E-state index contributed by atoms with van der Waals surface area (Å²) >= 11 is 1.61. The highest BCUT2D eigenvalue weighted by atomic mass is 32.1. The molecule has 1 amide bonds. The summed E-state index contributed by atoms with van der Waals surface area (Å²) in [6.45, 7) is 7.89. The predicted molar refractivity (Wildman–Crippen MR) is 113 cm³/mol. The van der Waals surface area contributed by atoms with Crippen molar-refractivity contribution in [3.8, 4) is 17.6 Å². The van der Waals surface area contributed by atoms with Gasteiger partial charge in [-0.05, 0) is 40.6 Å². The molecule has 8 heteroatoms. The van der Waals surface area contributed by atoms with Gasteiger partial charge in [-0.25, -0.2) is 0 Å². The van der Waals surface area contributed by atoms with Crippen molar-refractivity contribution in [2.45, 2.75) is 32.3 Å². The van der Waals surface area contributed by atoms with E-state index in [1.165, 1.54) is 0 Å². The number of hydrogen-bond donors (Lipinski definition) is 1. The van der Waals surface area contributed by atoms with Crippen molar-refractivity contribution in [3.63, 3.8) is 0 Å². The molecule has 2 rings (SSSR count). The Bertz CT molecular complexity index is 798. The van der Waals surface area contributed by atoms with Gasteiger partial charge >= 0.3 is 0 Å². The molecule has 2 aromatic rings. The third-order valence-corrected chi connectivity index (χ3v) is 6.24. The molecule has 0 aliphatic heterocycles. The quantitative estimate of drug-likeness (QED) is 0.255. The maximum atomic E-state index is 12.3.